The second kappa shape index (κ2) is 6.46. The zero-order valence-corrected chi connectivity index (χ0v) is 14.4. The molecular weight excluding hydrogens is 280 g/mol. The highest BCUT2D eigenvalue weighted by Crippen LogP contribution is 2.26. The van der Waals surface area contributed by atoms with Crippen LogP contribution in [0.25, 0.3) is 0 Å². The number of anilines is 2. The van der Waals surface area contributed by atoms with Gasteiger partial charge in [0.05, 0.1) is 0 Å². The molecule has 0 radical (unpaired) electrons. The second-order valence-corrected chi connectivity index (χ2v) is 6.43. The van der Waals surface area contributed by atoms with E-state index in [9.17, 15) is 4.79 Å². The van der Waals surface area contributed by atoms with E-state index in [1.54, 1.807) is 19.0 Å². The summed E-state index contributed by atoms with van der Waals surface area (Å²) in [6, 6.07) is -0.174. The van der Waals surface area contributed by atoms with Crippen LogP contribution in [-0.4, -0.2) is 66.5 Å². The molecule has 1 aliphatic heterocycles. The van der Waals surface area contributed by atoms with E-state index in [4.69, 9.17) is 0 Å². The van der Waals surface area contributed by atoms with E-state index in [0.717, 1.165) is 25.2 Å². The third kappa shape index (κ3) is 3.28. The summed E-state index contributed by atoms with van der Waals surface area (Å²) in [6.45, 7) is 4.93. The van der Waals surface area contributed by atoms with Gasteiger partial charge in [-0.1, -0.05) is 13.8 Å². The molecule has 1 unspecified atom stereocenters. The van der Waals surface area contributed by atoms with E-state index in [1.807, 2.05) is 23.9 Å². The molecule has 1 amide bonds. The number of hydrogen-bond acceptors (Lipinski definition) is 6. The van der Waals surface area contributed by atoms with Gasteiger partial charge in [0.2, 0.25) is 17.8 Å². The molecule has 0 bridgehead atoms. The van der Waals surface area contributed by atoms with Gasteiger partial charge in [-0.25, -0.2) is 0 Å². The first-order chi connectivity index (χ1) is 10.3. The predicted octanol–water partition coefficient (Wildman–Crippen LogP) is 1.12. The van der Waals surface area contributed by atoms with Crippen LogP contribution in [0.2, 0.25) is 0 Å². The number of amides is 1. The maximum atomic E-state index is 12.4. The second-order valence-electron chi connectivity index (χ2n) is 6.43. The fraction of sp³-hybridized carbons (Fsp3) is 0.733. The molecule has 0 spiro atoms. The van der Waals surface area contributed by atoms with E-state index in [1.165, 1.54) is 0 Å². The minimum Gasteiger partial charge on any atom is -0.347 e. The van der Waals surface area contributed by atoms with Crippen molar-refractivity contribution in [2.75, 3.05) is 44.5 Å². The van der Waals surface area contributed by atoms with Crippen molar-refractivity contribution in [2.45, 2.75) is 38.6 Å². The lowest BCUT2D eigenvalue weighted by molar-refractivity contribution is -0.129. The molecule has 1 aromatic heterocycles. The van der Waals surface area contributed by atoms with Crippen LogP contribution < -0.4 is 9.80 Å². The van der Waals surface area contributed by atoms with Crippen molar-refractivity contribution in [3.05, 3.63) is 5.82 Å². The van der Waals surface area contributed by atoms with Gasteiger partial charge in [-0.2, -0.15) is 15.0 Å². The topological polar surface area (TPSA) is 65.5 Å². The van der Waals surface area contributed by atoms with Crippen molar-refractivity contribution < 1.29 is 4.79 Å². The number of rotatable bonds is 4. The molecule has 2 rings (SSSR count). The standard InChI is InChI=1S/C15H26N6O/c1-10(2)12-16-14(20(5)6)18-15(17-12)21-9-7-8-11(21)13(22)19(3)4/h10-11H,7-9H2,1-6H3. The summed E-state index contributed by atoms with van der Waals surface area (Å²) in [6.07, 6.45) is 1.82. The van der Waals surface area contributed by atoms with Crippen molar-refractivity contribution in [2.24, 2.45) is 0 Å². The molecule has 0 aromatic carbocycles. The number of aromatic nitrogens is 3. The Morgan fingerprint density at radius 1 is 1.18 bits per heavy atom. The lowest BCUT2D eigenvalue weighted by atomic mass is 10.2. The minimum absolute atomic E-state index is 0.107. The predicted molar refractivity (Wildman–Crippen MR) is 87.3 cm³/mol. The van der Waals surface area contributed by atoms with Gasteiger partial charge >= 0.3 is 0 Å². The molecule has 1 aliphatic rings. The van der Waals surface area contributed by atoms with Gasteiger partial charge in [0.15, 0.2) is 0 Å². The molecule has 7 nitrogen and oxygen atoms in total. The average Bonchev–Trinajstić information content (AvgIpc) is 2.94. The average molecular weight is 306 g/mol. The summed E-state index contributed by atoms with van der Waals surface area (Å²) < 4.78 is 0. The number of carbonyl (C=O) groups excluding carboxylic acids is 1. The van der Waals surface area contributed by atoms with Gasteiger partial charge in [-0.3, -0.25) is 4.79 Å². The highest BCUT2D eigenvalue weighted by atomic mass is 16.2. The van der Waals surface area contributed by atoms with Crippen LogP contribution in [0.5, 0.6) is 0 Å². The summed E-state index contributed by atoms with van der Waals surface area (Å²) >= 11 is 0. The van der Waals surface area contributed by atoms with Gasteiger partial charge in [0, 0.05) is 40.7 Å². The molecule has 2 heterocycles. The molecular formula is C15H26N6O. The van der Waals surface area contributed by atoms with Crippen molar-refractivity contribution in [1.82, 2.24) is 19.9 Å². The van der Waals surface area contributed by atoms with Crippen LogP contribution in [-0.2, 0) is 4.79 Å². The Morgan fingerprint density at radius 3 is 2.41 bits per heavy atom. The van der Waals surface area contributed by atoms with Crippen LogP contribution >= 0.6 is 0 Å². The SMILES string of the molecule is CC(C)c1nc(N(C)C)nc(N2CCCC2C(=O)N(C)C)n1. The summed E-state index contributed by atoms with van der Waals surface area (Å²) in [4.78, 5) is 31.5. The third-order valence-electron chi connectivity index (χ3n) is 3.78. The number of carbonyl (C=O) groups is 1. The van der Waals surface area contributed by atoms with Crippen molar-refractivity contribution >= 4 is 17.8 Å². The normalized spacial score (nSPS) is 18.0. The Balaban J connectivity index is 2.40. The van der Waals surface area contributed by atoms with Gasteiger partial charge in [-0.05, 0) is 12.8 Å². The molecule has 0 saturated carbocycles. The molecule has 1 aromatic rings. The molecule has 22 heavy (non-hydrogen) atoms. The van der Waals surface area contributed by atoms with E-state index >= 15 is 0 Å². The van der Waals surface area contributed by atoms with Crippen molar-refractivity contribution in [3.8, 4) is 0 Å². The number of nitrogens with zero attached hydrogens (tertiary/aromatic N) is 6. The first kappa shape index (κ1) is 16.5. The zero-order chi connectivity index (χ0) is 16.4. The van der Waals surface area contributed by atoms with Crippen LogP contribution in [0.1, 0.15) is 38.4 Å². The summed E-state index contributed by atoms with van der Waals surface area (Å²) in [5.41, 5.74) is 0. The largest absolute Gasteiger partial charge is 0.347 e. The maximum absolute atomic E-state index is 12.4. The Labute approximate surface area is 132 Å². The van der Waals surface area contributed by atoms with Crippen molar-refractivity contribution in [1.29, 1.82) is 0 Å². The summed E-state index contributed by atoms with van der Waals surface area (Å²) in [5.74, 6) is 2.33. The molecule has 122 valence electrons. The number of likely N-dealkylation sites (N-methyl/N-ethyl adjacent to an activating group) is 1. The minimum atomic E-state index is -0.174. The quantitative estimate of drug-likeness (QED) is 0.830. The maximum Gasteiger partial charge on any atom is 0.244 e. The Morgan fingerprint density at radius 2 is 1.86 bits per heavy atom. The van der Waals surface area contributed by atoms with Crippen LogP contribution in [0.3, 0.4) is 0 Å². The first-order valence-corrected chi connectivity index (χ1v) is 7.72. The summed E-state index contributed by atoms with van der Waals surface area (Å²) in [7, 11) is 7.40. The van der Waals surface area contributed by atoms with E-state index in [-0.39, 0.29) is 17.9 Å². The smallest absolute Gasteiger partial charge is 0.244 e. The van der Waals surface area contributed by atoms with E-state index < -0.39 is 0 Å². The van der Waals surface area contributed by atoms with Crippen molar-refractivity contribution in [3.63, 3.8) is 0 Å². The van der Waals surface area contributed by atoms with Gasteiger partial charge in [0.25, 0.3) is 0 Å². The molecule has 1 fully saturated rings. The molecule has 0 N–H and O–H groups in total. The van der Waals surface area contributed by atoms with E-state index in [2.05, 4.69) is 28.8 Å². The first-order valence-electron chi connectivity index (χ1n) is 7.72. The van der Waals surface area contributed by atoms with Crippen LogP contribution in [0.4, 0.5) is 11.9 Å². The van der Waals surface area contributed by atoms with Crippen LogP contribution in [0.15, 0.2) is 0 Å². The van der Waals surface area contributed by atoms with Crippen LogP contribution in [0, 0.1) is 0 Å². The lowest BCUT2D eigenvalue weighted by Crippen LogP contribution is -2.43. The Bertz CT molecular complexity index is 517. The zero-order valence-electron chi connectivity index (χ0n) is 14.4. The molecule has 1 atom stereocenters. The summed E-state index contributed by atoms with van der Waals surface area (Å²) in [5, 5.41) is 0. The lowest BCUT2D eigenvalue weighted by Gasteiger charge is -2.27. The van der Waals surface area contributed by atoms with Gasteiger partial charge in [-0.15, -0.1) is 0 Å². The highest BCUT2D eigenvalue weighted by molar-refractivity contribution is 5.85. The molecule has 7 heteroatoms. The fourth-order valence-electron chi connectivity index (χ4n) is 2.52. The van der Waals surface area contributed by atoms with E-state index in [0.29, 0.717) is 11.9 Å². The Kier molecular flexibility index (Phi) is 4.83. The van der Waals surface area contributed by atoms with Gasteiger partial charge in [0.1, 0.15) is 11.9 Å². The molecule has 1 saturated heterocycles. The third-order valence-corrected chi connectivity index (χ3v) is 3.78. The monoisotopic (exact) mass is 306 g/mol. The fourth-order valence-corrected chi connectivity index (χ4v) is 2.52. The highest BCUT2D eigenvalue weighted by Gasteiger charge is 2.34. The van der Waals surface area contributed by atoms with Gasteiger partial charge < -0.3 is 14.7 Å². The Hall–Kier alpha value is -1.92. The molecule has 0 aliphatic carbocycles. The number of hydrogen-bond donors (Lipinski definition) is 0.